The van der Waals surface area contributed by atoms with Crippen molar-refractivity contribution in [3.63, 3.8) is 0 Å². The normalized spacial score (nSPS) is 15.5. The number of carbonyl (C=O) groups excluding carboxylic acids is 1. The van der Waals surface area contributed by atoms with E-state index in [0.717, 1.165) is 37.2 Å². The van der Waals surface area contributed by atoms with Gasteiger partial charge in [-0.25, -0.2) is 0 Å². The molecule has 0 aliphatic carbocycles. The molecule has 1 aromatic heterocycles. The van der Waals surface area contributed by atoms with Gasteiger partial charge in [0.05, 0.1) is 24.1 Å². The zero-order chi connectivity index (χ0) is 23.7. The lowest BCUT2D eigenvalue weighted by Crippen LogP contribution is -2.33. The van der Waals surface area contributed by atoms with Crippen LogP contribution in [0.3, 0.4) is 0 Å². The van der Waals surface area contributed by atoms with Gasteiger partial charge < -0.3 is 19.0 Å². The SMILES string of the molecule is CCN(CC)CCCN1C(=O)c2oc3cc(C)c(Cl)cc3c(=O)c2C1c1ccc(OC)cc1. The maximum absolute atomic E-state index is 13.6. The summed E-state index contributed by atoms with van der Waals surface area (Å²) in [5.74, 6) is 0.582. The Bertz CT molecular complexity index is 1230. The summed E-state index contributed by atoms with van der Waals surface area (Å²) in [6.07, 6.45) is 0.798. The summed E-state index contributed by atoms with van der Waals surface area (Å²) in [6.45, 7) is 9.41. The fourth-order valence-electron chi connectivity index (χ4n) is 4.51. The van der Waals surface area contributed by atoms with Crippen molar-refractivity contribution in [2.45, 2.75) is 33.2 Å². The van der Waals surface area contributed by atoms with Gasteiger partial charge in [0, 0.05) is 11.6 Å². The number of amides is 1. The molecule has 1 unspecified atom stereocenters. The number of ether oxygens (including phenoxy) is 1. The first-order chi connectivity index (χ1) is 15.9. The van der Waals surface area contributed by atoms with Gasteiger partial charge in [-0.2, -0.15) is 0 Å². The average Bonchev–Trinajstić information content (AvgIpc) is 3.10. The van der Waals surface area contributed by atoms with E-state index < -0.39 is 6.04 Å². The highest BCUT2D eigenvalue weighted by Crippen LogP contribution is 2.39. The number of aryl methyl sites for hydroxylation is 1. The summed E-state index contributed by atoms with van der Waals surface area (Å²) >= 11 is 6.30. The Labute approximate surface area is 198 Å². The molecule has 1 atom stereocenters. The molecule has 174 valence electrons. The van der Waals surface area contributed by atoms with E-state index in [9.17, 15) is 9.59 Å². The number of carbonyl (C=O) groups is 1. The zero-order valence-corrected chi connectivity index (χ0v) is 20.2. The van der Waals surface area contributed by atoms with Crippen molar-refractivity contribution in [2.24, 2.45) is 0 Å². The van der Waals surface area contributed by atoms with Crippen molar-refractivity contribution in [3.8, 4) is 5.75 Å². The van der Waals surface area contributed by atoms with Crippen LogP contribution in [0.5, 0.6) is 5.75 Å². The Morgan fingerprint density at radius 1 is 1.12 bits per heavy atom. The molecular formula is C26H29ClN2O4. The lowest BCUT2D eigenvalue weighted by Gasteiger charge is -2.26. The first-order valence-corrected chi connectivity index (χ1v) is 11.7. The second-order valence-corrected chi connectivity index (χ2v) is 8.73. The van der Waals surface area contributed by atoms with Crippen molar-refractivity contribution in [2.75, 3.05) is 33.3 Å². The molecule has 2 heterocycles. The first kappa shape index (κ1) is 23.3. The summed E-state index contributed by atoms with van der Waals surface area (Å²) in [5.41, 5.74) is 2.18. The minimum atomic E-state index is -0.518. The highest BCUT2D eigenvalue weighted by Gasteiger charge is 2.42. The molecular weight excluding hydrogens is 440 g/mol. The molecule has 1 aliphatic rings. The Kier molecular flexibility index (Phi) is 6.77. The average molecular weight is 469 g/mol. The highest BCUT2D eigenvalue weighted by atomic mass is 35.5. The monoisotopic (exact) mass is 468 g/mol. The van der Waals surface area contributed by atoms with Crippen LogP contribution in [0, 0.1) is 6.92 Å². The fraction of sp³-hybridized carbons (Fsp3) is 0.385. The molecule has 0 fully saturated rings. The molecule has 6 nitrogen and oxygen atoms in total. The number of benzene rings is 2. The van der Waals surface area contributed by atoms with Gasteiger partial charge in [-0.3, -0.25) is 9.59 Å². The van der Waals surface area contributed by atoms with E-state index in [2.05, 4.69) is 18.7 Å². The maximum Gasteiger partial charge on any atom is 0.290 e. The third kappa shape index (κ3) is 4.25. The fourth-order valence-corrected chi connectivity index (χ4v) is 4.67. The van der Waals surface area contributed by atoms with Crippen molar-refractivity contribution in [1.82, 2.24) is 9.80 Å². The molecule has 0 bridgehead atoms. The number of halogens is 1. The van der Waals surface area contributed by atoms with Gasteiger partial charge in [-0.15, -0.1) is 0 Å². The smallest absolute Gasteiger partial charge is 0.290 e. The van der Waals surface area contributed by atoms with Gasteiger partial charge in [0.25, 0.3) is 5.91 Å². The molecule has 7 heteroatoms. The molecule has 3 aromatic rings. The Hall–Kier alpha value is -2.83. The van der Waals surface area contributed by atoms with Gasteiger partial charge in [0.2, 0.25) is 5.76 Å². The molecule has 0 N–H and O–H groups in total. The molecule has 0 saturated heterocycles. The van der Waals surface area contributed by atoms with Crippen LogP contribution in [-0.2, 0) is 0 Å². The summed E-state index contributed by atoms with van der Waals surface area (Å²) < 4.78 is 11.3. The van der Waals surface area contributed by atoms with Crippen LogP contribution in [0.25, 0.3) is 11.0 Å². The van der Waals surface area contributed by atoms with E-state index >= 15 is 0 Å². The van der Waals surface area contributed by atoms with Gasteiger partial charge >= 0.3 is 0 Å². The second kappa shape index (κ2) is 9.57. The van der Waals surface area contributed by atoms with Crippen molar-refractivity contribution < 1.29 is 13.9 Å². The topological polar surface area (TPSA) is 63.0 Å². The lowest BCUT2D eigenvalue weighted by atomic mass is 9.98. The minimum Gasteiger partial charge on any atom is -0.497 e. The Balaban J connectivity index is 1.82. The summed E-state index contributed by atoms with van der Waals surface area (Å²) in [5, 5.41) is 0.886. The predicted octanol–water partition coefficient (Wildman–Crippen LogP) is 5.04. The number of fused-ring (bicyclic) bond motifs is 2. The predicted molar refractivity (Wildman–Crippen MR) is 131 cm³/mol. The molecule has 1 aliphatic heterocycles. The van der Waals surface area contributed by atoms with E-state index in [0.29, 0.717) is 33.8 Å². The van der Waals surface area contributed by atoms with Crippen LogP contribution < -0.4 is 10.2 Å². The van der Waals surface area contributed by atoms with Gasteiger partial charge in [-0.05, 0) is 68.4 Å². The molecule has 1 amide bonds. The standard InChI is InChI=1S/C26H29ClN2O4/c1-5-28(6-2)12-7-13-29-23(17-8-10-18(32-4)11-9-17)22-24(30)19-15-20(27)16(3)14-21(19)33-25(22)26(29)31/h8-11,14-15,23H,5-7,12-13H2,1-4H3. The molecule has 33 heavy (non-hydrogen) atoms. The minimum absolute atomic E-state index is 0.123. The van der Waals surface area contributed by atoms with E-state index in [1.54, 1.807) is 24.1 Å². The second-order valence-electron chi connectivity index (χ2n) is 8.33. The van der Waals surface area contributed by atoms with E-state index in [4.69, 9.17) is 20.8 Å². The largest absolute Gasteiger partial charge is 0.497 e. The van der Waals surface area contributed by atoms with Gasteiger partial charge in [-0.1, -0.05) is 37.6 Å². The maximum atomic E-state index is 13.6. The third-order valence-electron chi connectivity index (χ3n) is 6.45. The van der Waals surface area contributed by atoms with Crippen LogP contribution in [-0.4, -0.2) is 49.0 Å². The highest BCUT2D eigenvalue weighted by molar-refractivity contribution is 6.32. The zero-order valence-electron chi connectivity index (χ0n) is 19.5. The van der Waals surface area contributed by atoms with Crippen molar-refractivity contribution in [3.05, 3.63) is 74.1 Å². The van der Waals surface area contributed by atoms with E-state index in [1.165, 1.54) is 0 Å². The van der Waals surface area contributed by atoms with Crippen LogP contribution >= 0.6 is 11.6 Å². The van der Waals surface area contributed by atoms with Crippen molar-refractivity contribution >= 4 is 28.5 Å². The molecule has 0 spiro atoms. The third-order valence-corrected chi connectivity index (χ3v) is 6.85. The van der Waals surface area contributed by atoms with Crippen LogP contribution in [0.4, 0.5) is 0 Å². The molecule has 0 radical (unpaired) electrons. The van der Waals surface area contributed by atoms with Crippen LogP contribution in [0.2, 0.25) is 5.02 Å². The number of methoxy groups -OCH3 is 1. The molecule has 2 aromatic carbocycles. The number of hydrogen-bond donors (Lipinski definition) is 0. The summed E-state index contributed by atoms with van der Waals surface area (Å²) in [6, 6.07) is 10.3. The van der Waals surface area contributed by atoms with Crippen LogP contribution in [0.15, 0.2) is 45.6 Å². The van der Waals surface area contributed by atoms with E-state index in [1.807, 2.05) is 31.2 Å². The molecule has 0 saturated carbocycles. The quantitative estimate of drug-likeness (QED) is 0.463. The molecule has 4 rings (SSSR count). The lowest BCUT2D eigenvalue weighted by molar-refractivity contribution is 0.0720. The van der Waals surface area contributed by atoms with Crippen LogP contribution in [0.1, 0.15) is 53.6 Å². The summed E-state index contributed by atoms with van der Waals surface area (Å²) in [7, 11) is 1.61. The van der Waals surface area contributed by atoms with Gasteiger partial charge in [0.15, 0.2) is 5.43 Å². The Morgan fingerprint density at radius 3 is 2.45 bits per heavy atom. The van der Waals surface area contributed by atoms with Gasteiger partial charge in [0.1, 0.15) is 11.3 Å². The number of nitrogens with zero attached hydrogens (tertiary/aromatic N) is 2. The first-order valence-electron chi connectivity index (χ1n) is 11.3. The number of hydrogen-bond acceptors (Lipinski definition) is 5. The summed E-state index contributed by atoms with van der Waals surface area (Å²) in [4.78, 5) is 31.2. The Morgan fingerprint density at radius 2 is 1.82 bits per heavy atom. The van der Waals surface area contributed by atoms with E-state index in [-0.39, 0.29) is 17.1 Å². The number of rotatable bonds is 8. The van der Waals surface area contributed by atoms with Crippen molar-refractivity contribution in [1.29, 1.82) is 0 Å².